The molecule has 2 aliphatic rings. The molecule has 2 N–H and O–H groups in total. The maximum absolute atomic E-state index is 11.9. The van der Waals surface area contributed by atoms with Gasteiger partial charge in [0.2, 0.25) is 5.91 Å². The van der Waals surface area contributed by atoms with Crippen molar-refractivity contribution in [2.24, 2.45) is 5.73 Å². The van der Waals surface area contributed by atoms with Gasteiger partial charge < -0.3 is 19.9 Å². The number of hydrogen-bond donors (Lipinski definition) is 1. The van der Waals surface area contributed by atoms with Crippen molar-refractivity contribution in [1.29, 1.82) is 0 Å². The van der Waals surface area contributed by atoms with Crippen molar-refractivity contribution in [3.63, 3.8) is 0 Å². The molecule has 128 valence electrons. The Balaban J connectivity index is 1.71. The van der Waals surface area contributed by atoms with Crippen LogP contribution in [0.3, 0.4) is 0 Å². The molecule has 1 aromatic heterocycles. The highest BCUT2D eigenvalue weighted by atomic mass is 16.5. The zero-order chi connectivity index (χ0) is 16.4. The first-order valence-corrected chi connectivity index (χ1v) is 8.21. The number of piperazine rings is 1. The molecule has 1 amide bonds. The molecule has 8 heteroatoms. The Kier molecular flexibility index (Phi) is 4.93. The number of nitrogens with zero attached hydrogens (tertiary/aromatic N) is 5. The number of amides is 1. The zero-order valence-corrected chi connectivity index (χ0v) is 13.9. The second kappa shape index (κ2) is 6.94. The summed E-state index contributed by atoms with van der Waals surface area (Å²) >= 11 is 0. The van der Waals surface area contributed by atoms with Gasteiger partial charge in [0.25, 0.3) is 0 Å². The maximum atomic E-state index is 11.9. The average Bonchev–Trinajstić information content (AvgIpc) is 2.88. The molecule has 1 aromatic rings. The Morgan fingerprint density at radius 1 is 1.30 bits per heavy atom. The van der Waals surface area contributed by atoms with E-state index in [-0.39, 0.29) is 11.9 Å². The van der Waals surface area contributed by atoms with Crippen molar-refractivity contribution >= 4 is 5.91 Å². The summed E-state index contributed by atoms with van der Waals surface area (Å²) in [5.41, 5.74) is 5.91. The van der Waals surface area contributed by atoms with Crippen molar-refractivity contribution in [3.8, 4) is 0 Å². The molecule has 23 heavy (non-hydrogen) atoms. The van der Waals surface area contributed by atoms with Gasteiger partial charge >= 0.3 is 0 Å². The van der Waals surface area contributed by atoms with Gasteiger partial charge in [-0.05, 0) is 12.8 Å². The predicted octanol–water partition coefficient (Wildman–Crippen LogP) is -0.597. The number of hydrogen-bond acceptors (Lipinski definition) is 6. The Hall–Kier alpha value is -1.51. The first-order chi connectivity index (χ1) is 11.1. The second-order valence-electron chi connectivity index (χ2n) is 6.57. The Labute approximate surface area is 136 Å². The third-order valence-electron chi connectivity index (χ3n) is 4.82. The van der Waals surface area contributed by atoms with Crippen LogP contribution in [0.4, 0.5) is 0 Å². The SMILES string of the molecule is COCCn1c(CN2CCN(C)C(=O)C2)nnc1C1CC(N)C1. The van der Waals surface area contributed by atoms with Gasteiger partial charge in [0.15, 0.2) is 0 Å². The molecule has 1 aliphatic heterocycles. The van der Waals surface area contributed by atoms with E-state index in [9.17, 15) is 4.79 Å². The van der Waals surface area contributed by atoms with Crippen LogP contribution in [0.1, 0.15) is 30.4 Å². The van der Waals surface area contributed by atoms with Gasteiger partial charge in [-0.1, -0.05) is 0 Å². The largest absolute Gasteiger partial charge is 0.383 e. The summed E-state index contributed by atoms with van der Waals surface area (Å²) in [6.45, 7) is 4.07. The number of likely N-dealkylation sites (N-methyl/N-ethyl adjacent to an activating group) is 1. The minimum absolute atomic E-state index is 0.157. The Morgan fingerprint density at radius 2 is 2.09 bits per heavy atom. The first-order valence-electron chi connectivity index (χ1n) is 8.21. The van der Waals surface area contributed by atoms with E-state index in [1.54, 1.807) is 12.0 Å². The molecule has 0 spiro atoms. The summed E-state index contributed by atoms with van der Waals surface area (Å²) in [5.74, 6) is 2.48. The second-order valence-corrected chi connectivity index (χ2v) is 6.57. The van der Waals surface area contributed by atoms with Crippen LogP contribution in [-0.4, -0.2) is 76.9 Å². The molecule has 8 nitrogen and oxygen atoms in total. The third-order valence-corrected chi connectivity index (χ3v) is 4.82. The van der Waals surface area contributed by atoms with Crippen LogP contribution < -0.4 is 5.73 Å². The summed E-state index contributed by atoms with van der Waals surface area (Å²) in [6, 6.07) is 0.284. The normalized spacial score (nSPS) is 25.7. The minimum atomic E-state index is 0.157. The molecular weight excluding hydrogens is 296 g/mol. The molecule has 2 fully saturated rings. The van der Waals surface area contributed by atoms with Gasteiger partial charge in [0, 0.05) is 45.8 Å². The van der Waals surface area contributed by atoms with E-state index in [1.807, 2.05) is 7.05 Å². The van der Waals surface area contributed by atoms with Crippen molar-refractivity contribution in [3.05, 3.63) is 11.6 Å². The summed E-state index contributed by atoms with van der Waals surface area (Å²) in [4.78, 5) is 15.8. The number of nitrogens with two attached hydrogens (primary N) is 1. The average molecular weight is 322 g/mol. The van der Waals surface area contributed by atoms with E-state index in [2.05, 4.69) is 19.7 Å². The van der Waals surface area contributed by atoms with Crippen molar-refractivity contribution in [2.75, 3.05) is 40.4 Å². The number of methoxy groups -OCH3 is 1. The fourth-order valence-corrected chi connectivity index (χ4v) is 3.21. The molecule has 0 unspecified atom stereocenters. The van der Waals surface area contributed by atoms with E-state index in [0.717, 1.165) is 44.1 Å². The van der Waals surface area contributed by atoms with E-state index < -0.39 is 0 Å². The lowest BCUT2D eigenvalue weighted by molar-refractivity contribution is -0.134. The quantitative estimate of drug-likeness (QED) is 0.752. The molecule has 1 saturated carbocycles. The minimum Gasteiger partial charge on any atom is -0.383 e. The van der Waals surface area contributed by atoms with E-state index in [4.69, 9.17) is 10.5 Å². The molecule has 1 aliphatic carbocycles. The number of ether oxygens (including phenoxy) is 1. The summed E-state index contributed by atoms with van der Waals surface area (Å²) in [7, 11) is 3.54. The highest BCUT2D eigenvalue weighted by Gasteiger charge is 2.32. The van der Waals surface area contributed by atoms with Crippen LogP contribution in [-0.2, 0) is 22.6 Å². The van der Waals surface area contributed by atoms with Crippen LogP contribution in [0.5, 0.6) is 0 Å². The highest BCUT2D eigenvalue weighted by molar-refractivity contribution is 5.78. The summed E-state index contributed by atoms with van der Waals surface area (Å²) < 4.78 is 7.38. The molecule has 3 rings (SSSR count). The Bertz CT molecular complexity index is 554. The van der Waals surface area contributed by atoms with Crippen LogP contribution in [0.15, 0.2) is 0 Å². The maximum Gasteiger partial charge on any atom is 0.236 e. The smallest absolute Gasteiger partial charge is 0.236 e. The van der Waals surface area contributed by atoms with E-state index in [1.165, 1.54) is 0 Å². The van der Waals surface area contributed by atoms with E-state index in [0.29, 0.717) is 25.6 Å². The van der Waals surface area contributed by atoms with Crippen LogP contribution >= 0.6 is 0 Å². The monoisotopic (exact) mass is 322 g/mol. The molecule has 2 heterocycles. The summed E-state index contributed by atoms with van der Waals surface area (Å²) in [6.07, 6.45) is 1.94. The molecule has 1 saturated heterocycles. The Morgan fingerprint density at radius 3 is 2.74 bits per heavy atom. The fraction of sp³-hybridized carbons (Fsp3) is 0.800. The topological polar surface area (TPSA) is 89.5 Å². The molecule has 0 radical (unpaired) electrons. The lowest BCUT2D eigenvalue weighted by Gasteiger charge is -2.33. The highest BCUT2D eigenvalue weighted by Crippen LogP contribution is 2.34. The van der Waals surface area contributed by atoms with Gasteiger partial charge in [0.1, 0.15) is 11.6 Å². The number of aromatic nitrogens is 3. The first kappa shape index (κ1) is 16.4. The number of carbonyl (C=O) groups is 1. The van der Waals surface area contributed by atoms with Gasteiger partial charge in [-0.3, -0.25) is 9.69 Å². The van der Waals surface area contributed by atoms with Crippen LogP contribution in [0.2, 0.25) is 0 Å². The molecule has 0 atom stereocenters. The molecular formula is C15H26N6O2. The third kappa shape index (κ3) is 3.54. The fourth-order valence-electron chi connectivity index (χ4n) is 3.21. The predicted molar refractivity (Wildman–Crippen MR) is 84.8 cm³/mol. The lowest BCUT2D eigenvalue weighted by atomic mass is 9.80. The lowest BCUT2D eigenvalue weighted by Crippen LogP contribution is -2.48. The molecule has 0 bridgehead atoms. The van der Waals surface area contributed by atoms with Gasteiger partial charge in [-0.25, -0.2) is 0 Å². The molecule has 0 aromatic carbocycles. The van der Waals surface area contributed by atoms with Gasteiger partial charge in [-0.15, -0.1) is 10.2 Å². The van der Waals surface area contributed by atoms with Crippen molar-refractivity contribution in [2.45, 2.75) is 37.9 Å². The number of carbonyl (C=O) groups excluding carboxylic acids is 1. The summed E-state index contributed by atoms with van der Waals surface area (Å²) in [5, 5.41) is 8.79. The standard InChI is InChI=1S/C15H26N6O2/c1-19-3-4-20(10-14(19)22)9-13-17-18-15(11-7-12(16)8-11)21(13)5-6-23-2/h11-12H,3-10,16H2,1-2H3. The van der Waals surface area contributed by atoms with Crippen LogP contribution in [0, 0.1) is 0 Å². The van der Waals surface area contributed by atoms with E-state index >= 15 is 0 Å². The van der Waals surface area contributed by atoms with Gasteiger partial charge in [-0.2, -0.15) is 0 Å². The van der Waals surface area contributed by atoms with Crippen LogP contribution in [0.25, 0.3) is 0 Å². The zero-order valence-electron chi connectivity index (χ0n) is 13.9. The van der Waals surface area contributed by atoms with Crippen molar-refractivity contribution in [1.82, 2.24) is 24.6 Å². The number of rotatable bonds is 6. The van der Waals surface area contributed by atoms with Crippen molar-refractivity contribution < 1.29 is 9.53 Å². The van der Waals surface area contributed by atoms with Gasteiger partial charge in [0.05, 0.1) is 19.7 Å².